The number of nitrogens with zero attached hydrogens (tertiary/aromatic N) is 8. The lowest BCUT2D eigenvalue weighted by Gasteiger charge is -2.30. The molecular weight excluding hydrogens is 1730 g/mol. The zero-order valence-electron chi connectivity index (χ0n) is 80.8. The Hall–Kier alpha value is -9.97. The van der Waals surface area contributed by atoms with Gasteiger partial charge in [-0.3, -0.25) is 34.0 Å². The third kappa shape index (κ3) is 29.6. The van der Waals surface area contributed by atoms with Crippen molar-refractivity contribution in [2.75, 3.05) is 126 Å². The normalized spacial score (nSPS) is 19.3. The van der Waals surface area contributed by atoms with Crippen LogP contribution in [0.15, 0.2) is 158 Å². The smallest absolute Gasteiger partial charge is 0.325 e. The summed E-state index contributed by atoms with van der Waals surface area (Å²) in [6.07, 6.45) is 26.5. The van der Waals surface area contributed by atoms with Gasteiger partial charge < -0.3 is 60.6 Å². The van der Waals surface area contributed by atoms with Crippen molar-refractivity contribution in [3.05, 3.63) is 247 Å². The van der Waals surface area contributed by atoms with Gasteiger partial charge in [0.1, 0.15) is 47.2 Å². The summed E-state index contributed by atoms with van der Waals surface area (Å²) in [4.78, 5) is 63.4. The largest absolute Gasteiger partial charge is 0.511 e. The highest BCUT2D eigenvalue weighted by Gasteiger charge is 2.42. The number of halogens is 4. The van der Waals surface area contributed by atoms with Crippen LogP contribution in [0.25, 0.3) is 0 Å². The Labute approximate surface area is 802 Å². The van der Waals surface area contributed by atoms with Gasteiger partial charge in [0.15, 0.2) is 0 Å². The van der Waals surface area contributed by atoms with E-state index in [2.05, 4.69) is 114 Å². The van der Waals surface area contributed by atoms with E-state index in [4.69, 9.17) is 38.9 Å². The molecule has 27 heteroatoms. The van der Waals surface area contributed by atoms with Crippen LogP contribution in [0.4, 0.5) is 40.8 Å². The van der Waals surface area contributed by atoms with E-state index in [-0.39, 0.29) is 58.7 Å². The number of pyridine rings is 4. The second-order valence-electron chi connectivity index (χ2n) is 38.6. The lowest BCUT2D eigenvalue weighted by Crippen LogP contribution is -2.35. The predicted molar refractivity (Wildman–Crippen MR) is 528 cm³/mol. The summed E-state index contributed by atoms with van der Waals surface area (Å²) in [6.45, 7) is 25.6. The van der Waals surface area contributed by atoms with Gasteiger partial charge in [-0.1, -0.05) is 168 Å². The first-order valence-electron chi connectivity index (χ1n) is 50.2. The van der Waals surface area contributed by atoms with Crippen molar-refractivity contribution in [2.45, 2.75) is 281 Å². The monoisotopic (exact) mass is 1880 g/mol. The minimum absolute atomic E-state index is 0.0273. The molecule has 136 heavy (non-hydrogen) atoms. The van der Waals surface area contributed by atoms with Crippen LogP contribution in [0.3, 0.4) is 0 Å². The maximum absolute atomic E-state index is 14.2. The van der Waals surface area contributed by atoms with E-state index in [1.54, 1.807) is 29.2 Å². The minimum atomic E-state index is -3.11. The molecular formula is C109H146F4N12O11. The predicted octanol–water partition coefficient (Wildman–Crippen LogP) is 21.0. The minimum Gasteiger partial charge on any atom is -0.511 e. The fourth-order valence-corrected chi connectivity index (χ4v) is 20.4. The number of hydrogen-bond donors (Lipinski definition) is 8. The molecule has 16 rings (SSSR count). The molecule has 4 aromatic heterocycles. The summed E-state index contributed by atoms with van der Waals surface area (Å²) >= 11 is 0. The second-order valence-corrected chi connectivity index (χ2v) is 38.6. The summed E-state index contributed by atoms with van der Waals surface area (Å²) in [5.74, 6) is -4.11. The molecule has 4 aromatic carbocycles. The van der Waals surface area contributed by atoms with E-state index in [9.17, 15) is 52.4 Å². The van der Waals surface area contributed by atoms with Gasteiger partial charge >= 0.3 is 17.9 Å². The van der Waals surface area contributed by atoms with Crippen molar-refractivity contribution < 1.29 is 71.3 Å². The number of aliphatic hydroxyl groups is 1. The van der Waals surface area contributed by atoms with Gasteiger partial charge in [0, 0.05) is 153 Å². The topological polar surface area (TPSA) is 282 Å². The van der Waals surface area contributed by atoms with E-state index in [1.807, 2.05) is 53.4 Å². The number of hydrogen-bond acceptors (Lipinski definition) is 20. The van der Waals surface area contributed by atoms with E-state index in [1.165, 1.54) is 65.8 Å². The number of aromatic nitrogens is 4. The number of anilines is 4. The molecule has 8 atom stereocenters. The molecule has 0 bridgehead atoms. The molecule has 8 aliphatic heterocycles. The first-order valence-corrected chi connectivity index (χ1v) is 50.2. The molecule has 12 heterocycles. The number of unbranched alkanes of at least 4 members (excludes halogenated alkanes) is 6. The van der Waals surface area contributed by atoms with Gasteiger partial charge in [-0.05, 0) is 246 Å². The van der Waals surface area contributed by atoms with Crippen molar-refractivity contribution >= 4 is 41.2 Å². The highest BCUT2D eigenvalue weighted by Crippen LogP contribution is 2.42. The van der Waals surface area contributed by atoms with Gasteiger partial charge in [0.05, 0.1) is 30.5 Å². The Morgan fingerprint density at radius 2 is 0.610 bits per heavy atom. The maximum Gasteiger partial charge on any atom is 0.325 e. The Bertz CT molecular complexity index is 4860. The molecule has 4 saturated heterocycles. The summed E-state index contributed by atoms with van der Waals surface area (Å²) < 4.78 is 81.0. The van der Waals surface area contributed by atoms with Crippen molar-refractivity contribution in [3.63, 3.8) is 0 Å². The summed E-state index contributed by atoms with van der Waals surface area (Å²) in [7, 11) is 0. The number of rotatable bonds is 42. The fourth-order valence-electron chi connectivity index (χ4n) is 20.4. The molecule has 8 N–H and O–H groups in total. The number of aliphatic hydroxyl groups excluding tert-OH is 1. The molecule has 0 saturated carbocycles. The average molecular weight is 1880 g/mol. The molecule has 0 radical (unpaired) electrons. The third-order valence-electron chi connectivity index (χ3n) is 27.5. The molecule has 4 fully saturated rings. The lowest BCUT2D eigenvalue weighted by atomic mass is 9.92. The van der Waals surface area contributed by atoms with Gasteiger partial charge in [-0.15, -0.1) is 0 Å². The van der Waals surface area contributed by atoms with Crippen LogP contribution in [0.5, 0.6) is 0 Å². The molecule has 8 aromatic rings. The molecule has 0 amide bonds. The maximum atomic E-state index is 14.2. The number of alkyl halides is 4. The third-order valence-corrected chi connectivity index (χ3v) is 27.5. The summed E-state index contributed by atoms with van der Waals surface area (Å²) in [5, 5.41) is 53.8. The van der Waals surface area contributed by atoms with Gasteiger partial charge in [0.25, 0.3) is 11.8 Å². The SMILES string of the molecule is C=C(O)[C@H](c1ccccc1C(C)(F)F)N1CC[C@@H](OCCCCCc2ccc3c(n2)NCCC3)C1.CC(C)c1ccccc1[C@@H](C(=O)O)N1CC[C@@H](OCCCCc2ccc3c(n2)NCCC3)C1.CC(C)c1ccccc1[C@H](C(=O)O)N1CC[C@@H](OCCCCc2ccc3c(n2)NCCC3)C1.CC(F)(F)c1ccccc1[C@H](C(=O)O)N1CC[C@@H](OCCCCCc2ccc3c(n2)NCCC3)C1. The Morgan fingerprint density at radius 1 is 0.360 bits per heavy atom. The number of aryl methyl sites for hydroxylation is 8. The van der Waals surface area contributed by atoms with Gasteiger partial charge in [-0.2, -0.15) is 0 Å². The number of likely N-dealkylation sites (tertiary alicyclic amines) is 4. The number of benzene rings is 4. The number of carboxylic acid groups (broad SMARTS) is 3. The Kier molecular flexibility index (Phi) is 38.8. The standard InChI is InChI=1S/C28H37F2N3O2.C27H35F2N3O3.2C27H37N3O3/c1-20(34)26(24-11-5-6-12-25(24)28(2,29)30)33-17-15-23(19-33)35-18-7-3-4-10-22-14-13-21-9-8-16-31-27(21)32-22;1-27(28,29)23-11-5-4-10-22(23)24(26(33)34)32-16-14-21(18-32)35-17-6-2-3-9-20-13-12-19-8-7-15-30-25(19)31-20;2*1-19(2)23-10-3-4-11-24(23)25(27(31)32)30-16-14-22(18-30)33-17-6-5-9-21-13-12-20-8-7-15-28-26(20)29-21/h5-6,11-14,23,26,34H,1,3-4,7-10,15-19H2,2H3,(H,31,32);4-5,10-13,21,24H,2-3,6-9,14-18H2,1H3,(H,30,31)(H,33,34);2*3-4,10-13,19,22,25H,5-9,14-18H2,1-2H3,(H,28,29)(H,31,32)/t23-,26-;21-,24-;22-,25+;22-,25-/m1111/s1. The Balaban J connectivity index is 0.000000153. The second kappa shape index (κ2) is 51.1. The van der Waals surface area contributed by atoms with Crippen molar-refractivity contribution in [2.24, 2.45) is 0 Å². The Morgan fingerprint density at radius 3 is 0.890 bits per heavy atom. The first kappa shape index (κ1) is 103. The number of carboxylic acids is 3. The van der Waals surface area contributed by atoms with E-state index in [0.29, 0.717) is 77.7 Å². The number of ether oxygens (including phenoxy) is 4. The van der Waals surface area contributed by atoms with E-state index < -0.39 is 53.9 Å². The van der Waals surface area contributed by atoms with Crippen molar-refractivity contribution in [3.8, 4) is 0 Å². The van der Waals surface area contributed by atoms with E-state index >= 15 is 0 Å². The molecule has 8 aliphatic rings. The quantitative estimate of drug-likeness (QED) is 0.0100. The number of fused-ring (bicyclic) bond motifs is 4. The van der Waals surface area contributed by atoms with Crippen molar-refractivity contribution in [1.82, 2.24) is 39.5 Å². The highest BCUT2D eigenvalue weighted by molar-refractivity contribution is 5.78. The number of aliphatic carboxylic acids is 3. The van der Waals surface area contributed by atoms with Crippen LogP contribution in [0.2, 0.25) is 0 Å². The van der Waals surface area contributed by atoms with Crippen LogP contribution in [0, 0.1) is 0 Å². The van der Waals surface area contributed by atoms with Crippen molar-refractivity contribution in [1.29, 1.82) is 0 Å². The zero-order valence-corrected chi connectivity index (χ0v) is 80.8. The molecule has 0 unspecified atom stereocenters. The van der Waals surface area contributed by atoms with Crippen LogP contribution in [-0.2, 0) is 96.5 Å². The molecule has 0 aliphatic carbocycles. The summed E-state index contributed by atoms with van der Waals surface area (Å²) in [5.41, 5.74) is 14.1. The van der Waals surface area contributed by atoms with Crippen LogP contribution in [0.1, 0.15) is 283 Å². The number of nitrogens with one attached hydrogen (secondary N) is 4. The fraction of sp³-hybridized carbons (Fsp3) is 0.550. The molecule has 0 spiro atoms. The molecule has 736 valence electrons. The van der Waals surface area contributed by atoms with Crippen LogP contribution >= 0.6 is 0 Å². The zero-order chi connectivity index (χ0) is 96.1. The van der Waals surface area contributed by atoms with Gasteiger partial charge in [-0.25, -0.2) is 37.5 Å². The van der Waals surface area contributed by atoms with Gasteiger partial charge in [0.2, 0.25) is 0 Å². The van der Waals surface area contributed by atoms with Crippen LogP contribution in [-0.4, -0.2) is 207 Å². The molecule has 23 nitrogen and oxygen atoms in total. The highest BCUT2D eigenvalue weighted by atomic mass is 19.3. The van der Waals surface area contributed by atoms with Crippen LogP contribution < -0.4 is 21.3 Å². The van der Waals surface area contributed by atoms with E-state index in [0.717, 1.165) is 263 Å². The summed E-state index contributed by atoms with van der Waals surface area (Å²) in [6, 6.07) is 42.6. The lowest BCUT2D eigenvalue weighted by molar-refractivity contribution is -0.144. The number of carbonyl (C=O) groups is 3. The average Bonchev–Trinajstić information content (AvgIpc) is 1.57. The first-order chi connectivity index (χ1) is 65.7.